The molecule has 228 valence electrons. The Bertz CT molecular complexity index is 1330. The third-order valence-electron chi connectivity index (χ3n) is 10.1. The van der Waals surface area contributed by atoms with Crippen molar-refractivity contribution in [2.24, 2.45) is 35.3 Å². The summed E-state index contributed by atoms with van der Waals surface area (Å²) in [5, 5.41) is 3.05. The summed E-state index contributed by atoms with van der Waals surface area (Å²) >= 11 is 0. The van der Waals surface area contributed by atoms with Crippen molar-refractivity contribution in [1.82, 2.24) is 5.32 Å². The highest BCUT2D eigenvalue weighted by atomic mass is 32.2. The van der Waals surface area contributed by atoms with E-state index >= 15 is 0 Å². The molecule has 4 bridgehead atoms. The smallest absolute Gasteiger partial charge is 0.294 e. The molecule has 5 aliphatic carbocycles. The fourth-order valence-electron chi connectivity index (χ4n) is 7.99. The summed E-state index contributed by atoms with van der Waals surface area (Å²) in [6.45, 7) is 2.49. The van der Waals surface area contributed by atoms with E-state index in [9.17, 15) is 13.2 Å². The number of amides is 1. The first-order valence-corrected chi connectivity index (χ1v) is 16.7. The number of hydrogen-bond acceptors (Lipinski definition) is 7. The van der Waals surface area contributed by atoms with E-state index in [4.69, 9.17) is 24.8 Å². The predicted molar refractivity (Wildman–Crippen MR) is 155 cm³/mol. The molecule has 9 nitrogen and oxygen atoms in total. The molecule has 8 rings (SSSR count). The molecule has 2 aromatic rings. The number of aryl methyl sites for hydroxylation is 1. The molecule has 0 radical (unpaired) electrons. The summed E-state index contributed by atoms with van der Waals surface area (Å²) in [7, 11) is -4.02. The molecule has 5 saturated carbocycles. The lowest BCUT2D eigenvalue weighted by Crippen LogP contribution is -2.59. The highest BCUT2D eigenvalue weighted by Crippen LogP contribution is 2.63. The SMILES string of the molecule is Cc1ccc(S(=O)(=O)O)cc1.N[C@@H](C(=O)NCC1CCC2(CC1)OOC1(O2)C2CC3CC(C2)CC1C3)c1ccccc1. The molecule has 42 heavy (non-hydrogen) atoms. The van der Waals surface area contributed by atoms with Gasteiger partial charge in [0, 0.05) is 31.2 Å². The van der Waals surface area contributed by atoms with Crippen LogP contribution in [0.25, 0.3) is 0 Å². The molecule has 1 atom stereocenters. The van der Waals surface area contributed by atoms with E-state index in [-0.39, 0.29) is 10.8 Å². The van der Waals surface area contributed by atoms with Gasteiger partial charge in [-0.25, -0.2) is 0 Å². The molecule has 1 saturated heterocycles. The Morgan fingerprint density at radius 2 is 1.55 bits per heavy atom. The zero-order valence-corrected chi connectivity index (χ0v) is 24.9. The minimum atomic E-state index is -4.02. The van der Waals surface area contributed by atoms with Gasteiger partial charge in [0.1, 0.15) is 6.04 Å². The quantitative estimate of drug-likeness (QED) is 0.321. The first-order chi connectivity index (χ1) is 20.1. The van der Waals surface area contributed by atoms with Crippen molar-refractivity contribution >= 4 is 16.0 Å². The van der Waals surface area contributed by atoms with E-state index in [1.54, 1.807) is 12.1 Å². The lowest BCUT2D eigenvalue weighted by atomic mass is 9.53. The van der Waals surface area contributed by atoms with Crippen molar-refractivity contribution in [1.29, 1.82) is 0 Å². The van der Waals surface area contributed by atoms with Crippen molar-refractivity contribution in [3.05, 3.63) is 65.7 Å². The van der Waals surface area contributed by atoms with E-state index in [1.165, 1.54) is 44.2 Å². The van der Waals surface area contributed by atoms with Crippen LogP contribution in [0.2, 0.25) is 0 Å². The molecule has 10 heteroatoms. The molecule has 1 amide bonds. The average molecular weight is 599 g/mol. The number of hydrogen-bond donors (Lipinski definition) is 3. The van der Waals surface area contributed by atoms with Gasteiger partial charge in [0.15, 0.2) is 0 Å². The van der Waals surface area contributed by atoms with E-state index < -0.39 is 27.7 Å². The van der Waals surface area contributed by atoms with E-state index in [1.807, 2.05) is 37.3 Å². The fraction of sp³-hybridized carbons (Fsp3) is 0.594. The van der Waals surface area contributed by atoms with Crippen molar-refractivity contribution in [2.75, 3.05) is 6.54 Å². The van der Waals surface area contributed by atoms with Gasteiger partial charge in [-0.2, -0.15) is 18.2 Å². The van der Waals surface area contributed by atoms with Crippen LogP contribution in [0.5, 0.6) is 0 Å². The molecule has 4 N–H and O–H groups in total. The average Bonchev–Trinajstić information content (AvgIpc) is 3.35. The van der Waals surface area contributed by atoms with E-state index in [0.717, 1.165) is 48.6 Å². The van der Waals surface area contributed by atoms with Crippen LogP contribution in [0.1, 0.15) is 75.0 Å². The Kier molecular flexibility index (Phi) is 8.23. The van der Waals surface area contributed by atoms with Crippen LogP contribution in [0.15, 0.2) is 59.5 Å². The summed E-state index contributed by atoms with van der Waals surface area (Å²) in [5.74, 6) is 1.97. The molecular weight excluding hydrogens is 556 g/mol. The molecule has 2 aromatic carbocycles. The normalized spacial score (nSPS) is 35.5. The molecular formula is C32H42N2O7S. The fourth-order valence-corrected chi connectivity index (χ4v) is 8.47. The zero-order valence-electron chi connectivity index (χ0n) is 24.1. The van der Waals surface area contributed by atoms with Gasteiger partial charge in [-0.1, -0.05) is 48.0 Å². The van der Waals surface area contributed by atoms with Gasteiger partial charge in [0.05, 0.1) is 4.90 Å². The van der Waals surface area contributed by atoms with E-state index in [2.05, 4.69) is 5.32 Å². The van der Waals surface area contributed by atoms with Gasteiger partial charge in [0.2, 0.25) is 17.5 Å². The molecule has 6 fully saturated rings. The largest absolute Gasteiger partial charge is 0.354 e. The standard InChI is InChI=1S/C25H34N2O4.C7H8O3S/c26-22(19-4-2-1-3-5-19)23(28)27-15-16-6-8-24(9-7-16)29-25(31-30-24)20-11-17-10-18(13-20)14-21(25)12-17;1-6-2-4-7(5-3-6)11(8,9)10/h1-5,16-18,20-22H,6-15,26H2,(H,27,28);2-5H,1H3,(H,8,9,10)/t16?,17?,18?,20?,21?,22-,24?,25?;/m1./s1. The van der Waals surface area contributed by atoms with Crippen molar-refractivity contribution < 1.29 is 32.3 Å². The summed E-state index contributed by atoms with van der Waals surface area (Å²) < 4.78 is 36.3. The van der Waals surface area contributed by atoms with Crippen LogP contribution in [0.3, 0.4) is 0 Å². The number of benzene rings is 2. The Morgan fingerprint density at radius 3 is 2.12 bits per heavy atom. The number of nitrogens with two attached hydrogens (primary N) is 1. The molecule has 0 aromatic heterocycles. The lowest BCUT2D eigenvalue weighted by molar-refractivity contribution is -0.390. The van der Waals surface area contributed by atoms with Crippen LogP contribution in [0, 0.1) is 36.5 Å². The van der Waals surface area contributed by atoms with Crippen LogP contribution < -0.4 is 11.1 Å². The maximum Gasteiger partial charge on any atom is 0.294 e. The molecule has 1 heterocycles. The Morgan fingerprint density at radius 1 is 0.952 bits per heavy atom. The topological polar surface area (TPSA) is 137 Å². The molecule has 1 aliphatic heterocycles. The monoisotopic (exact) mass is 598 g/mol. The van der Waals surface area contributed by atoms with Crippen LogP contribution >= 0.6 is 0 Å². The number of nitrogens with one attached hydrogen (secondary N) is 1. The summed E-state index contributed by atoms with van der Waals surface area (Å²) in [6.07, 6.45) is 9.94. The van der Waals surface area contributed by atoms with Gasteiger partial charge < -0.3 is 15.8 Å². The molecule has 6 aliphatic rings. The van der Waals surface area contributed by atoms with Crippen molar-refractivity contribution in [3.8, 4) is 0 Å². The number of ether oxygens (including phenoxy) is 1. The minimum absolute atomic E-state index is 0.0666. The van der Waals surface area contributed by atoms with Gasteiger partial charge in [-0.3, -0.25) is 9.35 Å². The second kappa shape index (κ2) is 11.6. The summed E-state index contributed by atoms with van der Waals surface area (Å²) in [5.41, 5.74) is 7.91. The zero-order chi connectivity index (χ0) is 29.5. The third-order valence-corrected chi connectivity index (χ3v) is 11.0. The predicted octanol–water partition coefficient (Wildman–Crippen LogP) is 5.06. The summed E-state index contributed by atoms with van der Waals surface area (Å²) in [4.78, 5) is 24.5. The van der Waals surface area contributed by atoms with Crippen LogP contribution in [-0.4, -0.2) is 37.0 Å². The van der Waals surface area contributed by atoms with Crippen LogP contribution in [-0.2, 0) is 29.4 Å². The highest BCUT2D eigenvalue weighted by molar-refractivity contribution is 7.85. The summed E-state index contributed by atoms with van der Waals surface area (Å²) in [6, 6.07) is 14.9. The maximum atomic E-state index is 12.5. The number of carbonyl (C=O) groups is 1. The van der Waals surface area contributed by atoms with Gasteiger partial charge in [0.25, 0.3) is 10.1 Å². The first kappa shape index (κ1) is 29.7. The lowest BCUT2D eigenvalue weighted by Gasteiger charge is -2.57. The van der Waals surface area contributed by atoms with Crippen molar-refractivity contribution in [3.63, 3.8) is 0 Å². The van der Waals surface area contributed by atoms with Gasteiger partial charge in [-0.15, -0.1) is 0 Å². The second-order valence-corrected chi connectivity index (χ2v) is 14.5. The third kappa shape index (κ3) is 6.02. The highest BCUT2D eigenvalue weighted by Gasteiger charge is 2.66. The van der Waals surface area contributed by atoms with E-state index in [0.29, 0.717) is 24.3 Å². The maximum absolute atomic E-state index is 12.5. The van der Waals surface area contributed by atoms with Gasteiger partial charge >= 0.3 is 0 Å². The molecule has 0 unspecified atom stereocenters. The van der Waals surface area contributed by atoms with Crippen molar-refractivity contribution in [2.45, 2.75) is 87.2 Å². The Labute approximate surface area is 248 Å². The Hall–Kier alpha value is -2.34. The molecule has 2 spiro atoms. The van der Waals surface area contributed by atoms with Gasteiger partial charge in [-0.05, 0) is 87.3 Å². The first-order valence-electron chi connectivity index (χ1n) is 15.2. The minimum Gasteiger partial charge on any atom is -0.354 e. The number of rotatable bonds is 5. The number of carbonyl (C=O) groups excluding carboxylic acids is 1. The Balaban J connectivity index is 0.000000244. The van der Waals surface area contributed by atoms with Crippen LogP contribution in [0.4, 0.5) is 0 Å². The second-order valence-electron chi connectivity index (χ2n) is 13.1.